The average molecular weight is 356 g/mol. The van der Waals surface area contributed by atoms with Crippen LogP contribution in [0.1, 0.15) is 35.6 Å². The summed E-state index contributed by atoms with van der Waals surface area (Å²) in [7, 11) is 0. The molecule has 0 aliphatic heterocycles. The number of halogens is 3. The van der Waals surface area contributed by atoms with E-state index in [0.29, 0.717) is 10.6 Å². The number of anilines is 1. The van der Waals surface area contributed by atoms with Gasteiger partial charge in [-0.2, -0.15) is 18.4 Å². The Bertz CT molecular complexity index is 760. The van der Waals surface area contributed by atoms with Gasteiger partial charge in [0.05, 0.1) is 6.04 Å². The van der Waals surface area contributed by atoms with Gasteiger partial charge in [0.25, 0.3) is 0 Å². The van der Waals surface area contributed by atoms with Crippen LogP contribution in [0.3, 0.4) is 0 Å². The van der Waals surface area contributed by atoms with Crippen LogP contribution in [-0.2, 0) is 6.42 Å². The van der Waals surface area contributed by atoms with E-state index in [1.807, 2.05) is 6.07 Å². The SMILES string of the molecule is N#Cc1c(Cl)nsc1N[C@@H]1CCCc2cc(OC(F)F)ccc21. The van der Waals surface area contributed by atoms with Gasteiger partial charge in [0.2, 0.25) is 0 Å². The molecule has 8 heteroatoms. The van der Waals surface area contributed by atoms with Gasteiger partial charge in [0.1, 0.15) is 22.4 Å². The Morgan fingerprint density at radius 1 is 1.48 bits per heavy atom. The fourth-order valence-corrected chi connectivity index (χ4v) is 3.73. The third-order valence-corrected chi connectivity index (χ3v) is 4.87. The molecule has 0 radical (unpaired) electrons. The smallest absolute Gasteiger partial charge is 0.387 e. The Hall–Kier alpha value is -1.91. The first-order valence-electron chi connectivity index (χ1n) is 6.98. The normalized spacial score (nSPS) is 16.7. The lowest BCUT2D eigenvalue weighted by atomic mass is 9.87. The Kier molecular flexibility index (Phi) is 4.64. The Morgan fingerprint density at radius 3 is 3.04 bits per heavy atom. The summed E-state index contributed by atoms with van der Waals surface area (Å²) in [6.45, 7) is -2.83. The predicted octanol–water partition coefficient (Wildman–Crippen LogP) is 4.76. The van der Waals surface area contributed by atoms with Gasteiger partial charge in [-0.25, -0.2) is 0 Å². The third kappa shape index (κ3) is 3.38. The van der Waals surface area contributed by atoms with E-state index in [4.69, 9.17) is 16.9 Å². The van der Waals surface area contributed by atoms with Gasteiger partial charge in [0, 0.05) is 0 Å². The van der Waals surface area contributed by atoms with E-state index in [9.17, 15) is 8.78 Å². The number of fused-ring (bicyclic) bond motifs is 1. The topological polar surface area (TPSA) is 57.9 Å². The van der Waals surface area contributed by atoms with E-state index in [-0.39, 0.29) is 16.9 Å². The number of aryl methyl sites for hydroxylation is 1. The van der Waals surface area contributed by atoms with Crippen LogP contribution in [0.15, 0.2) is 18.2 Å². The summed E-state index contributed by atoms with van der Waals surface area (Å²) in [6.07, 6.45) is 2.60. The first-order valence-corrected chi connectivity index (χ1v) is 8.13. The molecule has 4 nitrogen and oxygen atoms in total. The molecule has 1 aromatic heterocycles. The molecule has 1 aliphatic rings. The fourth-order valence-electron chi connectivity index (χ4n) is 2.74. The van der Waals surface area contributed by atoms with Crippen molar-refractivity contribution in [1.82, 2.24) is 4.37 Å². The van der Waals surface area contributed by atoms with E-state index in [2.05, 4.69) is 14.4 Å². The highest BCUT2D eigenvalue weighted by Gasteiger charge is 2.23. The van der Waals surface area contributed by atoms with Crippen LogP contribution in [-0.4, -0.2) is 11.0 Å². The van der Waals surface area contributed by atoms with E-state index >= 15 is 0 Å². The lowest BCUT2D eigenvalue weighted by Gasteiger charge is -2.27. The standard InChI is InChI=1S/C15H12ClF2N3OS/c16-13-11(7-19)14(23-21-13)20-12-3-1-2-8-6-9(22-15(17)18)4-5-10(8)12/h4-6,12,15,20H,1-3H2/t12-/m1/s1. The van der Waals surface area contributed by atoms with Crippen LogP contribution < -0.4 is 10.1 Å². The lowest BCUT2D eigenvalue weighted by molar-refractivity contribution is -0.0499. The summed E-state index contributed by atoms with van der Waals surface area (Å²) in [5.74, 6) is 0.165. The van der Waals surface area contributed by atoms with Crippen LogP contribution in [0.2, 0.25) is 5.15 Å². The first-order chi connectivity index (χ1) is 11.1. The first kappa shape index (κ1) is 16.0. The second-order valence-corrected chi connectivity index (χ2v) is 6.25. The summed E-state index contributed by atoms with van der Waals surface area (Å²) < 4.78 is 33.1. The average Bonchev–Trinajstić information content (AvgIpc) is 2.86. The van der Waals surface area contributed by atoms with Gasteiger partial charge in [-0.15, -0.1) is 0 Å². The molecule has 0 bridgehead atoms. The monoisotopic (exact) mass is 355 g/mol. The Balaban J connectivity index is 1.85. The molecule has 1 aliphatic carbocycles. The van der Waals surface area contributed by atoms with Crippen molar-refractivity contribution >= 4 is 28.1 Å². The molecular formula is C15H12ClF2N3OS. The number of rotatable bonds is 4. The van der Waals surface area contributed by atoms with E-state index < -0.39 is 6.61 Å². The molecular weight excluding hydrogens is 344 g/mol. The maximum Gasteiger partial charge on any atom is 0.387 e. The van der Waals surface area contributed by atoms with E-state index in [1.54, 1.807) is 12.1 Å². The molecule has 1 aromatic carbocycles. The molecule has 1 heterocycles. The number of hydrogen-bond donors (Lipinski definition) is 1. The summed E-state index contributed by atoms with van der Waals surface area (Å²) in [4.78, 5) is 0. The molecule has 2 aromatic rings. The molecule has 0 saturated heterocycles. The van der Waals surface area contributed by atoms with Gasteiger partial charge < -0.3 is 10.1 Å². The van der Waals surface area contributed by atoms with Gasteiger partial charge in [-0.05, 0) is 54.1 Å². The molecule has 0 saturated carbocycles. The fraction of sp³-hybridized carbons (Fsp3) is 0.333. The second kappa shape index (κ2) is 6.69. The van der Waals surface area contributed by atoms with Crippen molar-refractivity contribution in [3.05, 3.63) is 40.0 Å². The minimum atomic E-state index is -2.83. The number of aromatic nitrogens is 1. The number of nitriles is 1. The number of hydrogen-bond acceptors (Lipinski definition) is 5. The summed E-state index contributed by atoms with van der Waals surface area (Å²) in [5, 5.41) is 13.3. The zero-order chi connectivity index (χ0) is 16.4. The number of alkyl halides is 2. The van der Waals surface area contributed by atoms with Gasteiger partial charge in [0.15, 0.2) is 5.15 Å². The van der Waals surface area contributed by atoms with Crippen molar-refractivity contribution in [2.75, 3.05) is 5.32 Å². The molecule has 0 amide bonds. The Labute approximate surface area is 140 Å². The molecule has 1 N–H and O–H groups in total. The van der Waals surface area contributed by atoms with Crippen molar-refractivity contribution in [3.8, 4) is 11.8 Å². The van der Waals surface area contributed by atoms with Crippen LogP contribution >= 0.6 is 23.1 Å². The quantitative estimate of drug-likeness (QED) is 0.859. The number of nitrogens with one attached hydrogen (secondary N) is 1. The zero-order valence-electron chi connectivity index (χ0n) is 11.9. The molecule has 120 valence electrons. The van der Waals surface area contributed by atoms with Crippen LogP contribution in [0.25, 0.3) is 0 Å². The van der Waals surface area contributed by atoms with Crippen LogP contribution in [0.5, 0.6) is 5.75 Å². The highest BCUT2D eigenvalue weighted by atomic mass is 35.5. The van der Waals surface area contributed by atoms with Crippen molar-refractivity contribution in [3.63, 3.8) is 0 Å². The zero-order valence-corrected chi connectivity index (χ0v) is 13.4. The second-order valence-electron chi connectivity index (χ2n) is 5.12. The molecule has 1 atom stereocenters. The number of ether oxygens (including phenoxy) is 1. The summed E-state index contributed by atoms with van der Waals surface area (Å²) >= 11 is 7.02. The maximum absolute atomic E-state index is 12.3. The lowest BCUT2D eigenvalue weighted by Crippen LogP contribution is -2.17. The summed E-state index contributed by atoms with van der Waals surface area (Å²) in [5.41, 5.74) is 2.33. The molecule has 23 heavy (non-hydrogen) atoms. The highest BCUT2D eigenvalue weighted by molar-refractivity contribution is 7.10. The van der Waals surface area contributed by atoms with Crippen molar-refractivity contribution in [1.29, 1.82) is 5.26 Å². The summed E-state index contributed by atoms with van der Waals surface area (Å²) in [6, 6.07) is 7.01. The van der Waals surface area contributed by atoms with Gasteiger partial charge >= 0.3 is 6.61 Å². The van der Waals surface area contributed by atoms with Crippen molar-refractivity contribution < 1.29 is 13.5 Å². The molecule has 3 rings (SSSR count). The highest BCUT2D eigenvalue weighted by Crippen LogP contribution is 2.37. The molecule has 0 unspecified atom stereocenters. The molecule has 0 spiro atoms. The largest absolute Gasteiger partial charge is 0.435 e. The molecule has 0 fully saturated rings. The minimum absolute atomic E-state index is 0.0111. The van der Waals surface area contributed by atoms with Gasteiger partial charge in [-0.1, -0.05) is 17.7 Å². The van der Waals surface area contributed by atoms with E-state index in [0.717, 1.165) is 41.9 Å². The van der Waals surface area contributed by atoms with Crippen molar-refractivity contribution in [2.45, 2.75) is 31.9 Å². The van der Waals surface area contributed by atoms with Crippen LogP contribution in [0, 0.1) is 11.3 Å². The van der Waals surface area contributed by atoms with Gasteiger partial charge in [-0.3, -0.25) is 0 Å². The van der Waals surface area contributed by atoms with E-state index in [1.165, 1.54) is 6.07 Å². The third-order valence-electron chi connectivity index (χ3n) is 3.72. The Morgan fingerprint density at radius 2 is 2.30 bits per heavy atom. The predicted molar refractivity (Wildman–Crippen MR) is 84.2 cm³/mol. The number of benzene rings is 1. The number of nitrogens with zero attached hydrogens (tertiary/aromatic N) is 2. The van der Waals surface area contributed by atoms with Crippen molar-refractivity contribution in [2.24, 2.45) is 0 Å². The minimum Gasteiger partial charge on any atom is -0.435 e. The maximum atomic E-state index is 12.3. The van der Waals surface area contributed by atoms with Crippen LogP contribution in [0.4, 0.5) is 13.8 Å².